The summed E-state index contributed by atoms with van der Waals surface area (Å²) in [6, 6.07) is 6.29. The molecule has 0 aliphatic rings. The third-order valence-electron chi connectivity index (χ3n) is 3.93. The molecule has 0 heterocycles. The van der Waals surface area contributed by atoms with Gasteiger partial charge in [-0.2, -0.15) is 4.31 Å². The van der Waals surface area contributed by atoms with Crippen molar-refractivity contribution in [3.63, 3.8) is 0 Å². The molecule has 1 N–H and O–H groups in total. The average Bonchev–Trinajstić information content (AvgIpc) is 2.64. The zero-order chi connectivity index (χ0) is 21.1. The molecule has 0 atom stereocenters. The van der Waals surface area contributed by atoms with E-state index in [2.05, 4.69) is 5.32 Å². The summed E-state index contributed by atoms with van der Waals surface area (Å²) < 4.78 is 40.4. The normalized spacial score (nSPS) is 11.5. The zero-order valence-electron chi connectivity index (χ0n) is 15.0. The molecule has 0 fully saturated rings. The predicted octanol–water partition coefficient (Wildman–Crippen LogP) is 3.67. The summed E-state index contributed by atoms with van der Waals surface area (Å²) in [6.07, 6.45) is 0. The van der Waals surface area contributed by atoms with Gasteiger partial charge in [-0.1, -0.05) is 25.4 Å². The van der Waals surface area contributed by atoms with Gasteiger partial charge in [0.25, 0.3) is 11.6 Å². The highest BCUT2D eigenvalue weighted by atomic mass is 35.5. The summed E-state index contributed by atoms with van der Waals surface area (Å²) in [6.45, 7) is 3.75. The molecule has 0 saturated heterocycles. The van der Waals surface area contributed by atoms with Gasteiger partial charge in [0.2, 0.25) is 10.0 Å². The number of rotatable bonds is 7. The minimum atomic E-state index is -3.93. The van der Waals surface area contributed by atoms with Crippen LogP contribution < -0.4 is 5.32 Å². The quantitative estimate of drug-likeness (QED) is 0.533. The third-order valence-corrected chi connectivity index (χ3v) is 6.46. The second-order valence-electron chi connectivity index (χ2n) is 5.61. The van der Waals surface area contributed by atoms with Crippen LogP contribution in [0.1, 0.15) is 24.2 Å². The van der Waals surface area contributed by atoms with Gasteiger partial charge < -0.3 is 5.32 Å². The number of benzene rings is 2. The first kappa shape index (κ1) is 21.7. The standard InChI is InChI=1S/C17H17ClFN3O5S/c1-3-21(4-2)28(26,27)16-9-11(5-7-13(16)18)17(23)20-15-10-12(22(24)25)6-8-14(15)19/h5-10H,3-4H2,1-2H3,(H,20,23). The number of anilines is 1. The highest BCUT2D eigenvalue weighted by Crippen LogP contribution is 2.27. The number of hydrogen-bond donors (Lipinski definition) is 1. The number of carbonyl (C=O) groups excluding carboxylic acids is 1. The van der Waals surface area contributed by atoms with Gasteiger partial charge in [-0.3, -0.25) is 14.9 Å². The molecule has 1 amide bonds. The second-order valence-corrected chi connectivity index (χ2v) is 7.92. The van der Waals surface area contributed by atoms with Crippen molar-refractivity contribution in [1.29, 1.82) is 0 Å². The summed E-state index contributed by atoms with van der Waals surface area (Å²) in [5.41, 5.74) is -0.902. The van der Waals surface area contributed by atoms with Crippen LogP contribution in [-0.2, 0) is 10.0 Å². The van der Waals surface area contributed by atoms with E-state index in [4.69, 9.17) is 11.6 Å². The minimum Gasteiger partial charge on any atom is -0.319 e. The van der Waals surface area contributed by atoms with Crippen LogP contribution in [0.3, 0.4) is 0 Å². The van der Waals surface area contributed by atoms with Crippen LogP contribution in [0.2, 0.25) is 5.02 Å². The largest absolute Gasteiger partial charge is 0.319 e. The lowest BCUT2D eigenvalue weighted by molar-refractivity contribution is -0.384. The molecule has 0 radical (unpaired) electrons. The molecule has 2 aromatic rings. The summed E-state index contributed by atoms with van der Waals surface area (Å²) in [7, 11) is -3.93. The van der Waals surface area contributed by atoms with Crippen LogP contribution in [0.5, 0.6) is 0 Å². The number of amides is 1. The molecule has 0 aliphatic carbocycles. The molecule has 0 unspecified atom stereocenters. The van der Waals surface area contributed by atoms with Crippen LogP contribution in [0.4, 0.5) is 15.8 Å². The lowest BCUT2D eigenvalue weighted by atomic mass is 10.2. The molecule has 0 bridgehead atoms. The Balaban J connectivity index is 2.41. The second kappa shape index (κ2) is 8.63. The van der Waals surface area contributed by atoms with Crippen molar-refractivity contribution in [2.24, 2.45) is 0 Å². The van der Waals surface area contributed by atoms with E-state index in [0.29, 0.717) is 0 Å². The Morgan fingerprint density at radius 1 is 1.21 bits per heavy atom. The first-order chi connectivity index (χ1) is 13.1. The minimum absolute atomic E-state index is 0.0648. The number of non-ortho nitro benzene ring substituents is 1. The highest BCUT2D eigenvalue weighted by molar-refractivity contribution is 7.89. The summed E-state index contributed by atoms with van der Waals surface area (Å²) in [4.78, 5) is 22.3. The predicted molar refractivity (Wildman–Crippen MR) is 103 cm³/mol. The van der Waals surface area contributed by atoms with E-state index in [1.807, 2.05) is 0 Å². The third kappa shape index (κ3) is 4.46. The van der Waals surface area contributed by atoms with Crippen LogP contribution in [0.15, 0.2) is 41.3 Å². The molecule has 2 rings (SSSR count). The Kier molecular flexibility index (Phi) is 6.70. The fraction of sp³-hybridized carbons (Fsp3) is 0.235. The van der Waals surface area contributed by atoms with Crippen molar-refractivity contribution in [2.75, 3.05) is 18.4 Å². The van der Waals surface area contributed by atoms with Gasteiger partial charge >= 0.3 is 0 Å². The molecule has 0 saturated carbocycles. The molecule has 8 nitrogen and oxygen atoms in total. The molecule has 28 heavy (non-hydrogen) atoms. The summed E-state index contributed by atoms with van der Waals surface area (Å²) in [5.74, 6) is -1.71. The van der Waals surface area contributed by atoms with Gasteiger partial charge in [0.15, 0.2) is 0 Å². The molecule has 0 aliphatic heterocycles. The maximum Gasteiger partial charge on any atom is 0.271 e. The number of nitrogens with one attached hydrogen (secondary N) is 1. The molecule has 0 aromatic heterocycles. The maximum atomic E-state index is 13.9. The number of sulfonamides is 1. The van der Waals surface area contributed by atoms with Crippen molar-refractivity contribution in [2.45, 2.75) is 18.7 Å². The van der Waals surface area contributed by atoms with E-state index >= 15 is 0 Å². The van der Waals surface area contributed by atoms with Crippen molar-refractivity contribution < 1.29 is 22.5 Å². The summed E-state index contributed by atoms with van der Waals surface area (Å²) >= 11 is 6.01. The number of nitro benzene ring substituents is 1. The van der Waals surface area contributed by atoms with Gasteiger partial charge in [0.05, 0.1) is 15.6 Å². The topological polar surface area (TPSA) is 110 Å². The Morgan fingerprint density at radius 2 is 1.86 bits per heavy atom. The van der Waals surface area contributed by atoms with E-state index in [1.54, 1.807) is 13.8 Å². The monoisotopic (exact) mass is 429 g/mol. The fourth-order valence-electron chi connectivity index (χ4n) is 2.46. The molecule has 0 spiro atoms. The maximum absolute atomic E-state index is 13.9. The lowest BCUT2D eigenvalue weighted by Gasteiger charge is -2.19. The van der Waals surface area contributed by atoms with Gasteiger partial charge in [-0.05, 0) is 24.3 Å². The zero-order valence-corrected chi connectivity index (χ0v) is 16.6. The number of nitro groups is 1. The number of hydrogen-bond acceptors (Lipinski definition) is 5. The number of carbonyl (C=O) groups is 1. The SMILES string of the molecule is CCN(CC)S(=O)(=O)c1cc(C(=O)Nc2cc([N+](=O)[O-])ccc2F)ccc1Cl. The van der Waals surface area contributed by atoms with E-state index in [0.717, 1.165) is 24.3 Å². The Hall–Kier alpha value is -2.56. The van der Waals surface area contributed by atoms with E-state index in [1.165, 1.54) is 16.4 Å². The molecule has 150 valence electrons. The lowest BCUT2D eigenvalue weighted by Crippen LogP contribution is -2.31. The van der Waals surface area contributed by atoms with Crippen LogP contribution in [0, 0.1) is 15.9 Å². The fourth-order valence-corrected chi connectivity index (χ4v) is 4.42. The van der Waals surface area contributed by atoms with E-state index in [-0.39, 0.29) is 28.6 Å². The Labute approximate surface area is 166 Å². The Bertz CT molecular complexity index is 1030. The van der Waals surface area contributed by atoms with Crippen LogP contribution >= 0.6 is 11.6 Å². The van der Waals surface area contributed by atoms with Crippen molar-refractivity contribution in [3.8, 4) is 0 Å². The Morgan fingerprint density at radius 3 is 2.43 bits per heavy atom. The average molecular weight is 430 g/mol. The number of nitrogens with zero attached hydrogens (tertiary/aromatic N) is 2. The van der Waals surface area contributed by atoms with Gasteiger partial charge in [-0.15, -0.1) is 0 Å². The molecule has 2 aromatic carbocycles. The van der Waals surface area contributed by atoms with Gasteiger partial charge in [-0.25, -0.2) is 12.8 Å². The molecular formula is C17H17ClFN3O5S. The number of halogens is 2. The molecule has 11 heteroatoms. The van der Waals surface area contributed by atoms with Gasteiger partial charge in [0.1, 0.15) is 10.7 Å². The first-order valence-corrected chi connectivity index (χ1v) is 9.98. The van der Waals surface area contributed by atoms with Crippen LogP contribution in [-0.4, -0.2) is 36.6 Å². The molecular weight excluding hydrogens is 413 g/mol. The van der Waals surface area contributed by atoms with Crippen molar-refractivity contribution >= 4 is 38.9 Å². The first-order valence-electron chi connectivity index (χ1n) is 8.16. The van der Waals surface area contributed by atoms with Crippen molar-refractivity contribution in [1.82, 2.24) is 4.31 Å². The summed E-state index contributed by atoms with van der Waals surface area (Å²) in [5, 5.41) is 13.0. The smallest absolute Gasteiger partial charge is 0.271 e. The van der Waals surface area contributed by atoms with Crippen LogP contribution in [0.25, 0.3) is 0 Å². The highest BCUT2D eigenvalue weighted by Gasteiger charge is 2.26. The van der Waals surface area contributed by atoms with E-state index in [9.17, 15) is 27.7 Å². The van der Waals surface area contributed by atoms with E-state index < -0.39 is 38.0 Å². The van der Waals surface area contributed by atoms with Crippen molar-refractivity contribution in [3.05, 3.63) is 62.9 Å². The van der Waals surface area contributed by atoms with Gasteiger partial charge in [0, 0.05) is 30.8 Å².